The fraction of sp³-hybridized carbons (Fsp3) is 0.750. The molecule has 1 aliphatic carbocycles. The Hall–Kier alpha value is -1.33. The first-order valence-corrected chi connectivity index (χ1v) is 10.1. The third-order valence-corrected chi connectivity index (χ3v) is 6.06. The van der Waals surface area contributed by atoms with Gasteiger partial charge in [0, 0.05) is 6.54 Å². The lowest BCUT2D eigenvalue weighted by molar-refractivity contribution is -0.121. The number of carbonyl (C=O) groups is 1. The molecule has 1 amide bonds. The first-order valence-electron chi connectivity index (χ1n) is 8.41. The molecule has 1 fully saturated rings. The van der Waals surface area contributed by atoms with Gasteiger partial charge in [-0.05, 0) is 25.7 Å². The van der Waals surface area contributed by atoms with E-state index in [0.717, 1.165) is 48.1 Å². The molecule has 1 aromatic heterocycles. The molecule has 1 aliphatic rings. The number of rotatable bonds is 7. The van der Waals surface area contributed by atoms with Gasteiger partial charge in [-0.15, -0.1) is 10.2 Å². The third kappa shape index (κ3) is 5.35. The lowest BCUT2D eigenvalue weighted by Gasteiger charge is -2.32. The number of hydrogen-bond donors (Lipinski definition) is 2. The molecule has 0 radical (unpaired) electrons. The van der Waals surface area contributed by atoms with E-state index < -0.39 is 5.54 Å². The second kappa shape index (κ2) is 8.67. The van der Waals surface area contributed by atoms with Crippen LogP contribution in [0.15, 0.2) is 4.34 Å². The summed E-state index contributed by atoms with van der Waals surface area (Å²) in [5, 5.41) is 24.4. The maximum atomic E-state index is 12.5. The van der Waals surface area contributed by atoms with Crippen molar-refractivity contribution in [3.05, 3.63) is 0 Å². The summed E-state index contributed by atoms with van der Waals surface area (Å²) >= 11 is 2.84. The summed E-state index contributed by atoms with van der Waals surface area (Å²) in [6.45, 7) is 6.95. The predicted molar refractivity (Wildman–Crippen MR) is 98.1 cm³/mol. The second-order valence-electron chi connectivity index (χ2n) is 6.65. The number of nitrogens with zero attached hydrogens (tertiary/aromatic N) is 3. The number of aromatic nitrogens is 2. The zero-order valence-electron chi connectivity index (χ0n) is 14.5. The molecule has 0 spiro atoms. The molecule has 0 unspecified atom stereocenters. The summed E-state index contributed by atoms with van der Waals surface area (Å²) in [5.74, 6) is 0.433. The van der Waals surface area contributed by atoms with Crippen LogP contribution in [-0.2, 0) is 4.79 Å². The van der Waals surface area contributed by atoms with Crippen LogP contribution >= 0.6 is 23.1 Å². The highest BCUT2D eigenvalue weighted by atomic mass is 32.2. The smallest absolute Gasteiger partial charge is 0.234 e. The number of amides is 1. The molecule has 0 saturated heterocycles. The van der Waals surface area contributed by atoms with Crippen molar-refractivity contribution >= 4 is 34.1 Å². The maximum absolute atomic E-state index is 12.5. The Bertz CT molecular complexity index is 590. The van der Waals surface area contributed by atoms with Crippen molar-refractivity contribution in [3.8, 4) is 6.07 Å². The highest BCUT2D eigenvalue weighted by Gasteiger charge is 2.35. The molecule has 1 aromatic rings. The molecule has 132 valence electrons. The Kier molecular flexibility index (Phi) is 6.87. The fourth-order valence-electron chi connectivity index (χ4n) is 2.58. The van der Waals surface area contributed by atoms with Gasteiger partial charge in [-0.3, -0.25) is 4.79 Å². The topological polar surface area (TPSA) is 90.7 Å². The Morgan fingerprint density at radius 1 is 1.33 bits per heavy atom. The molecule has 1 heterocycles. The van der Waals surface area contributed by atoms with E-state index in [4.69, 9.17) is 0 Å². The summed E-state index contributed by atoms with van der Waals surface area (Å²) in [4.78, 5) is 12.5. The SMILES string of the molecule is CC(C)CNc1nnc(S[C@@H](C)C(=O)NC2(C#N)CCCCC2)s1. The maximum Gasteiger partial charge on any atom is 0.234 e. The number of carbonyl (C=O) groups excluding carboxylic acids is 1. The zero-order chi connectivity index (χ0) is 17.6. The largest absolute Gasteiger partial charge is 0.360 e. The highest BCUT2D eigenvalue weighted by Crippen LogP contribution is 2.31. The summed E-state index contributed by atoms with van der Waals surface area (Å²) in [6, 6.07) is 2.32. The van der Waals surface area contributed by atoms with Crippen molar-refractivity contribution < 1.29 is 4.79 Å². The lowest BCUT2D eigenvalue weighted by Crippen LogP contribution is -2.50. The average Bonchev–Trinajstić information content (AvgIpc) is 3.01. The van der Waals surface area contributed by atoms with Crippen LogP contribution in [0.5, 0.6) is 0 Å². The van der Waals surface area contributed by atoms with Crippen molar-refractivity contribution in [1.29, 1.82) is 5.26 Å². The van der Waals surface area contributed by atoms with E-state index in [0.29, 0.717) is 5.92 Å². The molecule has 0 bridgehead atoms. The molecule has 1 saturated carbocycles. The fourth-order valence-corrected chi connectivity index (χ4v) is 4.49. The van der Waals surface area contributed by atoms with Crippen molar-refractivity contribution in [1.82, 2.24) is 15.5 Å². The molecule has 2 rings (SSSR count). The third-order valence-electron chi connectivity index (χ3n) is 4.00. The minimum absolute atomic E-state index is 0.102. The van der Waals surface area contributed by atoms with Crippen LogP contribution in [0.4, 0.5) is 5.13 Å². The summed E-state index contributed by atoms with van der Waals surface area (Å²) in [7, 11) is 0. The minimum Gasteiger partial charge on any atom is -0.360 e. The van der Waals surface area contributed by atoms with Crippen LogP contribution < -0.4 is 10.6 Å². The molecule has 24 heavy (non-hydrogen) atoms. The van der Waals surface area contributed by atoms with Crippen LogP contribution in [-0.4, -0.2) is 33.4 Å². The van der Waals surface area contributed by atoms with Crippen molar-refractivity contribution in [2.45, 2.75) is 68.0 Å². The average molecular weight is 368 g/mol. The van der Waals surface area contributed by atoms with Gasteiger partial charge in [-0.2, -0.15) is 5.26 Å². The highest BCUT2D eigenvalue weighted by molar-refractivity contribution is 8.02. The van der Waals surface area contributed by atoms with E-state index in [2.05, 4.69) is 40.7 Å². The van der Waals surface area contributed by atoms with E-state index in [1.165, 1.54) is 23.1 Å². The normalized spacial score (nSPS) is 18.0. The van der Waals surface area contributed by atoms with Gasteiger partial charge in [-0.25, -0.2) is 0 Å². The Morgan fingerprint density at radius 2 is 2.04 bits per heavy atom. The number of nitrogens with one attached hydrogen (secondary N) is 2. The predicted octanol–water partition coefficient (Wildman–Crippen LogP) is 3.43. The Labute approximate surface area is 151 Å². The summed E-state index contributed by atoms with van der Waals surface area (Å²) in [6.07, 6.45) is 4.62. The molecule has 2 N–H and O–H groups in total. The molecule has 0 aromatic carbocycles. The molecule has 8 heteroatoms. The second-order valence-corrected chi connectivity index (χ2v) is 9.22. The van der Waals surface area contributed by atoms with Crippen LogP contribution in [0.3, 0.4) is 0 Å². The van der Waals surface area contributed by atoms with Gasteiger partial charge in [0.1, 0.15) is 5.54 Å². The van der Waals surface area contributed by atoms with E-state index in [1.54, 1.807) is 0 Å². The van der Waals surface area contributed by atoms with Crippen LogP contribution in [0, 0.1) is 17.2 Å². The number of hydrogen-bond acceptors (Lipinski definition) is 7. The Balaban J connectivity index is 1.88. The van der Waals surface area contributed by atoms with Crippen LogP contribution in [0.2, 0.25) is 0 Å². The van der Waals surface area contributed by atoms with Crippen molar-refractivity contribution in [2.75, 3.05) is 11.9 Å². The number of anilines is 1. The number of thioether (sulfide) groups is 1. The van der Waals surface area contributed by atoms with E-state index in [-0.39, 0.29) is 11.2 Å². The van der Waals surface area contributed by atoms with E-state index in [9.17, 15) is 10.1 Å². The molecule has 6 nitrogen and oxygen atoms in total. The lowest BCUT2D eigenvalue weighted by atomic mass is 9.83. The zero-order valence-corrected chi connectivity index (χ0v) is 16.1. The molecule has 1 atom stereocenters. The van der Waals surface area contributed by atoms with Gasteiger partial charge in [0.05, 0.1) is 11.3 Å². The van der Waals surface area contributed by atoms with Crippen LogP contribution in [0.25, 0.3) is 0 Å². The molecule has 0 aliphatic heterocycles. The molecular formula is C16H25N5OS2. The van der Waals surface area contributed by atoms with Gasteiger partial charge in [0.15, 0.2) is 4.34 Å². The number of nitriles is 1. The molecular weight excluding hydrogens is 342 g/mol. The first kappa shape index (κ1) is 19.0. The van der Waals surface area contributed by atoms with Crippen molar-refractivity contribution in [3.63, 3.8) is 0 Å². The van der Waals surface area contributed by atoms with Gasteiger partial charge < -0.3 is 10.6 Å². The van der Waals surface area contributed by atoms with Crippen LogP contribution in [0.1, 0.15) is 52.9 Å². The van der Waals surface area contributed by atoms with E-state index in [1.807, 2.05) is 6.92 Å². The summed E-state index contributed by atoms with van der Waals surface area (Å²) < 4.78 is 0.763. The van der Waals surface area contributed by atoms with Crippen molar-refractivity contribution in [2.24, 2.45) is 5.92 Å². The first-order chi connectivity index (χ1) is 11.4. The minimum atomic E-state index is -0.685. The van der Waals surface area contributed by atoms with Gasteiger partial charge in [0.2, 0.25) is 11.0 Å². The standard InChI is InChI=1S/C16H25N5OS2/c1-11(2)9-18-14-20-21-15(24-14)23-12(3)13(22)19-16(10-17)7-5-4-6-8-16/h11-12H,4-9H2,1-3H3,(H,18,20)(H,19,22)/t12-/m0/s1. The monoisotopic (exact) mass is 367 g/mol. The Morgan fingerprint density at radius 3 is 2.67 bits per heavy atom. The van der Waals surface area contributed by atoms with Gasteiger partial charge >= 0.3 is 0 Å². The summed E-state index contributed by atoms with van der Waals surface area (Å²) in [5.41, 5.74) is -0.685. The van der Waals surface area contributed by atoms with Gasteiger partial charge in [-0.1, -0.05) is 56.2 Å². The quantitative estimate of drug-likeness (QED) is 0.718. The van der Waals surface area contributed by atoms with E-state index >= 15 is 0 Å². The van der Waals surface area contributed by atoms with Gasteiger partial charge in [0.25, 0.3) is 0 Å².